The second kappa shape index (κ2) is 5.16. The van der Waals surface area contributed by atoms with Crippen molar-refractivity contribution in [3.63, 3.8) is 0 Å². The fourth-order valence-electron chi connectivity index (χ4n) is 1.30. The molecule has 0 aliphatic rings. The van der Waals surface area contributed by atoms with Gasteiger partial charge in [-0.15, -0.1) is 11.6 Å². The van der Waals surface area contributed by atoms with E-state index in [-0.39, 0.29) is 11.3 Å². The molecule has 1 aromatic rings. The molecule has 5 heteroatoms. The number of halogens is 1. The zero-order chi connectivity index (χ0) is 11.4. The van der Waals surface area contributed by atoms with Crippen LogP contribution < -0.4 is 5.32 Å². The number of hydrogen-bond acceptors (Lipinski definition) is 2. The minimum atomic E-state index is -0.101. The molecule has 0 saturated heterocycles. The third-order valence-corrected chi connectivity index (χ3v) is 2.28. The van der Waals surface area contributed by atoms with E-state index in [1.54, 1.807) is 17.8 Å². The number of aryl methyl sites for hydroxylation is 2. The summed E-state index contributed by atoms with van der Waals surface area (Å²) in [5.74, 6) is -0.101. The molecule has 1 heterocycles. The number of aromatic nitrogens is 2. The van der Waals surface area contributed by atoms with Gasteiger partial charge in [-0.05, 0) is 26.3 Å². The van der Waals surface area contributed by atoms with Crippen molar-refractivity contribution < 1.29 is 4.79 Å². The number of amides is 1. The van der Waals surface area contributed by atoms with E-state index in [0.29, 0.717) is 12.2 Å². The summed E-state index contributed by atoms with van der Waals surface area (Å²) in [6.45, 7) is 4.35. The normalized spacial score (nSPS) is 12.5. The van der Waals surface area contributed by atoms with Crippen LogP contribution in [0.3, 0.4) is 0 Å². The predicted molar refractivity (Wildman–Crippen MR) is 60.2 cm³/mol. The molecule has 0 aliphatic carbocycles. The van der Waals surface area contributed by atoms with Crippen molar-refractivity contribution in [1.29, 1.82) is 0 Å². The number of nitrogens with zero attached hydrogens (tertiary/aromatic N) is 2. The largest absolute Gasteiger partial charge is 0.351 e. The van der Waals surface area contributed by atoms with Crippen LogP contribution in [-0.2, 0) is 7.05 Å². The number of nitrogens with one attached hydrogen (secondary N) is 1. The van der Waals surface area contributed by atoms with E-state index >= 15 is 0 Å². The van der Waals surface area contributed by atoms with Gasteiger partial charge in [0.2, 0.25) is 0 Å². The van der Waals surface area contributed by atoms with E-state index in [0.717, 1.165) is 12.1 Å². The zero-order valence-corrected chi connectivity index (χ0v) is 10.0. The highest BCUT2D eigenvalue weighted by Crippen LogP contribution is 2.02. The summed E-state index contributed by atoms with van der Waals surface area (Å²) in [7, 11) is 1.76. The van der Waals surface area contributed by atoms with Crippen molar-refractivity contribution >= 4 is 17.5 Å². The highest BCUT2D eigenvalue weighted by Gasteiger charge is 2.10. The maximum Gasteiger partial charge on any atom is 0.269 e. The number of alkyl halides is 1. The summed E-state index contributed by atoms with van der Waals surface area (Å²) in [6, 6.07) is 1.76. The van der Waals surface area contributed by atoms with Gasteiger partial charge in [0.25, 0.3) is 5.91 Å². The highest BCUT2D eigenvalue weighted by molar-refractivity contribution is 6.20. The topological polar surface area (TPSA) is 46.9 Å². The maximum absolute atomic E-state index is 11.6. The van der Waals surface area contributed by atoms with Crippen LogP contribution in [0.5, 0.6) is 0 Å². The first kappa shape index (κ1) is 12.0. The Kier molecular flexibility index (Phi) is 4.15. The third-order valence-electron chi connectivity index (χ3n) is 2.06. The van der Waals surface area contributed by atoms with E-state index in [1.807, 2.05) is 13.8 Å². The average Bonchev–Trinajstić information content (AvgIpc) is 2.44. The van der Waals surface area contributed by atoms with Crippen molar-refractivity contribution in [1.82, 2.24) is 15.1 Å². The average molecular weight is 230 g/mol. The molecule has 1 unspecified atom stereocenters. The van der Waals surface area contributed by atoms with Gasteiger partial charge in [0.15, 0.2) is 0 Å². The molecule has 0 saturated carbocycles. The van der Waals surface area contributed by atoms with Gasteiger partial charge in [0.1, 0.15) is 5.69 Å². The summed E-state index contributed by atoms with van der Waals surface area (Å²) in [5.41, 5.74) is 1.42. The van der Waals surface area contributed by atoms with E-state index in [4.69, 9.17) is 11.6 Å². The monoisotopic (exact) mass is 229 g/mol. The molecule has 1 N–H and O–H groups in total. The lowest BCUT2D eigenvalue weighted by atomic mass is 10.3. The molecule has 4 nitrogen and oxygen atoms in total. The van der Waals surface area contributed by atoms with Crippen molar-refractivity contribution in [2.75, 3.05) is 6.54 Å². The first-order valence-corrected chi connectivity index (χ1v) is 5.37. The third kappa shape index (κ3) is 3.55. The summed E-state index contributed by atoms with van der Waals surface area (Å²) >= 11 is 5.77. The summed E-state index contributed by atoms with van der Waals surface area (Å²) < 4.78 is 1.58. The van der Waals surface area contributed by atoms with Gasteiger partial charge < -0.3 is 5.32 Å². The molecule has 1 amide bonds. The van der Waals surface area contributed by atoms with Gasteiger partial charge in [-0.2, -0.15) is 5.10 Å². The van der Waals surface area contributed by atoms with Crippen molar-refractivity contribution in [2.24, 2.45) is 7.05 Å². The summed E-state index contributed by atoms with van der Waals surface area (Å²) in [4.78, 5) is 11.6. The van der Waals surface area contributed by atoms with Gasteiger partial charge in [-0.25, -0.2) is 0 Å². The van der Waals surface area contributed by atoms with Gasteiger partial charge >= 0.3 is 0 Å². The SMILES string of the molecule is Cc1cc(C(=O)NCCC(C)Cl)n(C)n1. The molecule has 0 bridgehead atoms. The van der Waals surface area contributed by atoms with Crippen LogP contribution >= 0.6 is 11.6 Å². The van der Waals surface area contributed by atoms with Crippen LogP contribution in [0, 0.1) is 6.92 Å². The van der Waals surface area contributed by atoms with Gasteiger partial charge in [-0.3, -0.25) is 9.48 Å². The number of rotatable bonds is 4. The van der Waals surface area contributed by atoms with Crippen molar-refractivity contribution in [3.05, 3.63) is 17.5 Å². The second-order valence-corrected chi connectivity index (χ2v) is 4.36. The predicted octanol–water partition coefficient (Wildman–Crippen LogP) is 1.48. The quantitative estimate of drug-likeness (QED) is 0.795. The molecule has 0 aromatic carbocycles. The Balaban J connectivity index is 2.50. The molecule has 0 fully saturated rings. The van der Waals surface area contributed by atoms with E-state index in [1.165, 1.54) is 0 Å². The lowest BCUT2D eigenvalue weighted by Crippen LogP contribution is -2.27. The Morgan fingerprint density at radius 3 is 2.87 bits per heavy atom. The Bertz CT molecular complexity index is 346. The fraction of sp³-hybridized carbons (Fsp3) is 0.600. The van der Waals surface area contributed by atoms with Crippen LogP contribution in [0.2, 0.25) is 0 Å². The van der Waals surface area contributed by atoms with E-state index in [9.17, 15) is 4.79 Å². The van der Waals surface area contributed by atoms with Gasteiger partial charge in [0.05, 0.1) is 5.69 Å². The molecule has 1 aromatic heterocycles. The zero-order valence-electron chi connectivity index (χ0n) is 9.25. The molecule has 0 aliphatic heterocycles. The molecule has 84 valence electrons. The first-order chi connectivity index (χ1) is 7.00. The Morgan fingerprint density at radius 1 is 1.73 bits per heavy atom. The number of hydrogen-bond donors (Lipinski definition) is 1. The first-order valence-electron chi connectivity index (χ1n) is 4.93. The van der Waals surface area contributed by atoms with Crippen LogP contribution in [0.25, 0.3) is 0 Å². The minimum absolute atomic E-state index is 0.0820. The Hall–Kier alpha value is -1.03. The molecule has 1 rings (SSSR count). The standard InChI is InChI=1S/C10H16ClN3O/c1-7(11)4-5-12-10(15)9-6-8(2)13-14(9)3/h6-7H,4-5H2,1-3H3,(H,12,15). The summed E-state index contributed by atoms with van der Waals surface area (Å²) in [5, 5.41) is 6.99. The Labute approximate surface area is 94.6 Å². The van der Waals surface area contributed by atoms with E-state index < -0.39 is 0 Å². The highest BCUT2D eigenvalue weighted by atomic mass is 35.5. The molecule has 15 heavy (non-hydrogen) atoms. The lowest BCUT2D eigenvalue weighted by molar-refractivity contribution is 0.0944. The van der Waals surface area contributed by atoms with Crippen LogP contribution in [-0.4, -0.2) is 27.6 Å². The molecule has 0 spiro atoms. The molecular formula is C10H16ClN3O. The van der Waals surface area contributed by atoms with Crippen LogP contribution in [0.4, 0.5) is 0 Å². The number of carbonyl (C=O) groups is 1. The van der Waals surface area contributed by atoms with E-state index in [2.05, 4.69) is 10.4 Å². The van der Waals surface area contributed by atoms with Crippen LogP contribution in [0.1, 0.15) is 29.5 Å². The van der Waals surface area contributed by atoms with Crippen molar-refractivity contribution in [2.45, 2.75) is 25.6 Å². The Morgan fingerprint density at radius 2 is 2.40 bits per heavy atom. The van der Waals surface area contributed by atoms with Crippen molar-refractivity contribution in [3.8, 4) is 0 Å². The summed E-state index contributed by atoms with van der Waals surface area (Å²) in [6.07, 6.45) is 0.768. The minimum Gasteiger partial charge on any atom is -0.351 e. The van der Waals surface area contributed by atoms with Gasteiger partial charge in [-0.1, -0.05) is 0 Å². The van der Waals surface area contributed by atoms with Crippen LogP contribution in [0.15, 0.2) is 6.07 Å². The molecule has 1 atom stereocenters. The molecular weight excluding hydrogens is 214 g/mol. The second-order valence-electron chi connectivity index (χ2n) is 3.62. The van der Waals surface area contributed by atoms with Gasteiger partial charge in [0, 0.05) is 19.0 Å². The fourth-order valence-corrected chi connectivity index (χ4v) is 1.41. The molecule has 0 radical (unpaired) electrons. The maximum atomic E-state index is 11.6. The lowest BCUT2D eigenvalue weighted by Gasteiger charge is -2.05. The smallest absolute Gasteiger partial charge is 0.269 e. The number of carbonyl (C=O) groups excluding carboxylic acids is 1.